The molecule has 0 aliphatic rings. The largest absolute Gasteiger partial charge is 0.496 e. The van der Waals surface area contributed by atoms with Crippen LogP contribution in [0.2, 0.25) is 0 Å². The Hall–Kier alpha value is -3.67. The second-order valence-electron chi connectivity index (χ2n) is 6.96. The quantitative estimate of drug-likeness (QED) is 0.366. The molecule has 0 aliphatic carbocycles. The van der Waals surface area contributed by atoms with Crippen LogP contribution in [-0.2, 0) is 22.6 Å². The van der Waals surface area contributed by atoms with E-state index in [0.717, 1.165) is 22.6 Å². The predicted octanol–water partition coefficient (Wildman–Crippen LogP) is 5.57. The fourth-order valence-electron chi connectivity index (χ4n) is 3.24. The van der Waals surface area contributed by atoms with Gasteiger partial charge >= 0.3 is 5.97 Å². The summed E-state index contributed by atoms with van der Waals surface area (Å²) in [6, 6.07) is 21.0. The Bertz CT molecular complexity index is 991. The van der Waals surface area contributed by atoms with Crippen molar-refractivity contribution >= 4 is 5.97 Å². The van der Waals surface area contributed by atoms with Gasteiger partial charge in [0.2, 0.25) is 0 Å². The first-order valence-electron chi connectivity index (χ1n) is 10.5. The summed E-state index contributed by atoms with van der Waals surface area (Å²) in [4.78, 5) is 11.7. The Labute approximate surface area is 188 Å². The summed E-state index contributed by atoms with van der Waals surface area (Å²) in [6.45, 7) is 2.49. The Morgan fingerprint density at radius 2 is 1.50 bits per heavy atom. The van der Waals surface area contributed by atoms with E-state index in [0.29, 0.717) is 36.9 Å². The van der Waals surface area contributed by atoms with E-state index < -0.39 is 0 Å². The second-order valence-corrected chi connectivity index (χ2v) is 6.96. The minimum absolute atomic E-state index is 0.245. The molecule has 168 valence electrons. The summed E-state index contributed by atoms with van der Waals surface area (Å²) in [5.74, 6) is 3.07. The SMILES string of the molecule is CCOC(=O)CCc1c(OC)cc(OCc2cccc(Oc3ccccc3)c2)cc1OC. The summed E-state index contributed by atoms with van der Waals surface area (Å²) in [6.07, 6.45) is 0.694. The second kappa shape index (κ2) is 11.6. The molecule has 0 fully saturated rings. The average molecular weight is 437 g/mol. The third kappa shape index (κ3) is 6.41. The van der Waals surface area contributed by atoms with Crippen molar-refractivity contribution in [3.05, 3.63) is 77.9 Å². The first-order valence-corrected chi connectivity index (χ1v) is 10.5. The molecular weight excluding hydrogens is 408 g/mol. The van der Waals surface area contributed by atoms with Crippen LogP contribution < -0.4 is 18.9 Å². The average Bonchev–Trinajstić information content (AvgIpc) is 2.82. The van der Waals surface area contributed by atoms with Crippen LogP contribution in [0, 0.1) is 0 Å². The van der Waals surface area contributed by atoms with E-state index >= 15 is 0 Å². The maximum Gasteiger partial charge on any atom is 0.306 e. The number of para-hydroxylation sites is 1. The highest BCUT2D eigenvalue weighted by Gasteiger charge is 2.15. The van der Waals surface area contributed by atoms with Crippen molar-refractivity contribution < 1.29 is 28.5 Å². The van der Waals surface area contributed by atoms with Crippen LogP contribution >= 0.6 is 0 Å². The van der Waals surface area contributed by atoms with E-state index in [4.69, 9.17) is 23.7 Å². The topological polar surface area (TPSA) is 63.2 Å². The number of methoxy groups -OCH3 is 2. The number of hydrogen-bond donors (Lipinski definition) is 0. The summed E-state index contributed by atoms with van der Waals surface area (Å²) >= 11 is 0. The number of esters is 1. The molecule has 6 nitrogen and oxygen atoms in total. The standard InChI is InChI=1S/C26H28O6/c1-4-30-26(27)14-13-23-24(28-2)16-22(17-25(23)29-3)31-18-19-9-8-12-21(15-19)32-20-10-6-5-7-11-20/h5-12,15-17H,4,13-14,18H2,1-3H3. The minimum Gasteiger partial charge on any atom is -0.496 e. The Kier molecular flexibility index (Phi) is 8.37. The number of carbonyl (C=O) groups is 1. The van der Waals surface area contributed by atoms with Crippen molar-refractivity contribution in [2.45, 2.75) is 26.4 Å². The molecule has 0 spiro atoms. The molecule has 32 heavy (non-hydrogen) atoms. The highest BCUT2D eigenvalue weighted by atomic mass is 16.5. The van der Waals surface area contributed by atoms with Crippen LogP contribution in [0.25, 0.3) is 0 Å². The first-order chi connectivity index (χ1) is 15.6. The van der Waals surface area contributed by atoms with Gasteiger partial charge in [-0.3, -0.25) is 4.79 Å². The molecule has 0 aromatic heterocycles. The van der Waals surface area contributed by atoms with Gasteiger partial charge in [-0.2, -0.15) is 0 Å². The van der Waals surface area contributed by atoms with Gasteiger partial charge in [0.1, 0.15) is 35.4 Å². The van der Waals surface area contributed by atoms with Crippen LogP contribution in [0.4, 0.5) is 0 Å². The Morgan fingerprint density at radius 1 is 0.812 bits per heavy atom. The number of carbonyl (C=O) groups excluding carboxylic acids is 1. The maximum absolute atomic E-state index is 11.7. The number of benzene rings is 3. The van der Waals surface area contributed by atoms with Crippen molar-refractivity contribution in [3.63, 3.8) is 0 Å². The van der Waals surface area contributed by atoms with Crippen LogP contribution in [0.5, 0.6) is 28.7 Å². The van der Waals surface area contributed by atoms with Crippen LogP contribution in [-0.4, -0.2) is 26.8 Å². The van der Waals surface area contributed by atoms with Crippen molar-refractivity contribution in [1.82, 2.24) is 0 Å². The summed E-state index contributed by atoms with van der Waals surface area (Å²) in [7, 11) is 3.16. The van der Waals surface area contributed by atoms with Crippen molar-refractivity contribution in [2.24, 2.45) is 0 Å². The van der Waals surface area contributed by atoms with Crippen LogP contribution in [0.15, 0.2) is 66.7 Å². The summed E-state index contributed by atoms with van der Waals surface area (Å²) < 4.78 is 28.0. The number of rotatable bonds is 11. The van der Waals surface area contributed by atoms with Gasteiger partial charge in [0.15, 0.2) is 0 Å². The molecule has 0 atom stereocenters. The van der Waals surface area contributed by atoms with Gasteiger partial charge in [-0.15, -0.1) is 0 Å². The fraction of sp³-hybridized carbons (Fsp3) is 0.269. The Balaban J connectivity index is 1.69. The lowest BCUT2D eigenvalue weighted by Gasteiger charge is -2.16. The predicted molar refractivity (Wildman–Crippen MR) is 122 cm³/mol. The third-order valence-corrected chi connectivity index (χ3v) is 4.75. The highest BCUT2D eigenvalue weighted by molar-refractivity contribution is 5.70. The normalized spacial score (nSPS) is 10.3. The number of ether oxygens (including phenoxy) is 5. The summed E-state index contributed by atoms with van der Waals surface area (Å²) in [5, 5.41) is 0. The molecule has 0 saturated heterocycles. The van der Waals surface area contributed by atoms with Gasteiger partial charge in [0.05, 0.1) is 20.8 Å². The molecule has 6 heteroatoms. The fourth-order valence-corrected chi connectivity index (χ4v) is 3.24. The Morgan fingerprint density at radius 3 is 2.16 bits per heavy atom. The lowest BCUT2D eigenvalue weighted by atomic mass is 10.1. The van der Waals surface area contributed by atoms with Gasteiger partial charge in [-0.25, -0.2) is 0 Å². The molecule has 3 aromatic rings. The van der Waals surface area contributed by atoms with E-state index in [2.05, 4.69) is 0 Å². The van der Waals surface area contributed by atoms with E-state index in [9.17, 15) is 4.79 Å². The van der Waals surface area contributed by atoms with Gasteiger partial charge in [-0.1, -0.05) is 30.3 Å². The first kappa shape index (κ1) is 23.0. The monoisotopic (exact) mass is 436 g/mol. The number of hydrogen-bond acceptors (Lipinski definition) is 6. The van der Waals surface area contributed by atoms with Gasteiger partial charge < -0.3 is 23.7 Å². The minimum atomic E-state index is -0.255. The zero-order valence-electron chi connectivity index (χ0n) is 18.6. The third-order valence-electron chi connectivity index (χ3n) is 4.75. The molecule has 0 unspecified atom stereocenters. The molecule has 0 aliphatic heterocycles. The van der Waals surface area contributed by atoms with Gasteiger partial charge in [0.25, 0.3) is 0 Å². The van der Waals surface area contributed by atoms with Crippen LogP contribution in [0.3, 0.4) is 0 Å². The van der Waals surface area contributed by atoms with Crippen LogP contribution in [0.1, 0.15) is 24.5 Å². The molecular formula is C26H28O6. The molecule has 0 saturated carbocycles. The maximum atomic E-state index is 11.7. The lowest BCUT2D eigenvalue weighted by Crippen LogP contribution is -2.07. The molecule has 3 rings (SSSR count). The van der Waals surface area contributed by atoms with Crippen molar-refractivity contribution in [2.75, 3.05) is 20.8 Å². The van der Waals surface area contributed by atoms with E-state index in [1.807, 2.05) is 54.6 Å². The summed E-state index contributed by atoms with van der Waals surface area (Å²) in [5.41, 5.74) is 1.76. The van der Waals surface area contributed by atoms with Crippen molar-refractivity contribution in [1.29, 1.82) is 0 Å². The highest BCUT2D eigenvalue weighted by Crippen LogP contribution is 2.35. The van der Waals surface area contributed by atoms with Crippen molar-refractivity contribution in [3.8, 4) is 28.7 Å². The zero-order chi connectivity index (χ0) is 22.8. The van der Waals surface area contributed by atoms with E-state index in [1.54, 1.807) is 33.3 Å². The molecule has 3 aromatic carbocycles. The van der Waals surface area contributed by atoms with Gasteiger partial charge in [0, 0.05) is 24.1 Å². The zero-order valence-corrected chi connectivity index (χ0v) is 18.6. The smallest absolute Gasteiger partial charge is 0.306 e. The van der Waals surface area contributed by atoms with E-state index in [1.165, 1.54) is 0 Å². The molecule has 0 heterocycles. The molecule has 0 N–H and O–H groups in total. The molecule has 0 amide bonds. The lowest BCUT2D eigenvalue weighted by molar-refractivity contribution is -0.143. The van der Waals surface area contributed by atoms with E-state index in [-0.39, 0.29) is 12.4 Å². The molecule has 0 bridgehead atoms. The molecule has 0 radical (unpaired) electrons. The van der Waals surface area contributed by atoms with Gasteiger partial charge in [-0.05, 0) is 43.2 Å².